The van der Waals surface area contributed by atoms with Crippen LogP contribution in [-0.4, -0.2) is 24.9 Å². The molecule has 1 aromatic carbocycles. The third-order valence-corrected chi connectivity index (χ3v) is 4.67. The van der Waals surface area contributed by atoms with Gasteiger partial charge in [0.15, 0.2) is 5.65 Å². The number of aryl methyl sites for hydroxylation is 2. The number of aromatic nitrogens is 4. The Morgan fingerprint density at radius 3 is 2.65 bits per heavy atom. The number of pyridine rings is 1. The highest BCUT2D eigenvalue weighted by Crippen LogP contribution is 2.29. The summed E-state index contributed by atoms with van der Waals surface area (Å²) in [5.74, 6) is 0.295. The highest BCUT2D eigenvalue weighted by molar-refractivity contribution is 7.80. The maximum absolute atomic E-state index is 13.3. The van der Waals surface area contributed by atoms with Gasteiger partial charge in [-0.15, -0.1) is 0 Å². The van der Waals surface area contributed by atoms with Crippen LogP contribution in [-0.2, 0) is 13.0 Å². The first kappa shape index (κ1) is 16.8. The van der Waals surface area contributed by atoms with E-state index in [9.17, 15) is 9.18 Å². The molecule has 0 aliphatic heterocycles. The Morgan fingerprint density at radius 1 is 1.19 bits per heavy atom. The second kappa shape index (κ2) is 6.57. The first-order valence-corrected chi connectivity index (χ1v) is 9.04. The Bertz CT molecular complexity index is 1160. The van der Waals surface area contributed by atoms with Gasteiger partial charge in [-0.1, -0.05) is 19.1 Å². The predicted octanol–water partition coefficient (Wildman–Crippen LogP) is 3.34. The summed E-state index contributed by atoms with van der Waals surface area (Å²) in [5.41, 5.74) is 3.84. The van der Waals surface area contributed by atoms with E-state index in [1.54, 1.807) is 33.6 Å². The summed E-state index contributed by atoms with van der Waals surface area (Å²) in [4.78, 5) is 17.2. The van der Waals surface area contributed by atoms with Gasteiger partial charge in [0.1, 0.15) is 5.82 Å². The zero-order valence-corrected chi connectivity index (χ0v) is 15.1. The SMILES string of the molecule is CCc1nn2c(ncc3c(=O)n(CCS)ccc32)c1-c1ccc(F)cc1. The summed E-state index contributed by atoms with van der Waals surface area (Å²) in [6, 6.07) is 8.17. The minimum Gasteiger partial charge on any atom is -0.314 e. The average molecular weight is 368 g/mol. The molecule has 0 saturated carbocycles. The number of hydrogen-bond acceptors (Lipinski definition) is 4. The van der Waals surface area contributed by atoms with Gasteiger partial charge in [0.2, 0.25) is 0 Å². The van der Waals surface area contributed by atoms with Crippen molar-refractivity contribution in [3.8, 4) is 11.1 Å². The van der Waals surface area contributed by atoms with E-state index in [0.717, 1.165) is 16.8 Å². The molecule has 132 valence electrons. The van der Waals surface area contributed by atoms with Gasteiger partial charge in [-0.25, -0.2) is 13.9 Å². The Labute approximate surface area is 154 Å². The topological polar surface area (TPSA) is 52.2 Å². The summed E-state index contributed by atoms with van der Waals surface area (Å²) in [5, 5.41) is 5.18. The Kier molecular flexibility index (Phi) is 4.24. The van der Waals surface area contributed by atoms with E-state index in [0.29, 0.717) is 35.3 Å². The lowest BCUT2D eigenvalue weighted by Crippen LogP contribution is -2.21. The average Bonchev–Trinajstić information content (AvgIpc) is 3.04. The molecule has 0 aliphatic rings. The summed E-state index contributed by atoms with van der Waals surface area (Å²) in [6.07, 6.45) is 4.05. The van der Waals surface area contributed by atoms with Crippen LogP contribution in [0.15, 0.2) is 47.5 Å². The van der Waals surface area contributed by atoms with Gasteiger partial charge in [-0.3, -0.25) is 4.79 Å². The van der Waals surface area contributed by atoms with Crippen LogP contribution < -0.4 is 5.56 Å². The van der Waals surface area contributed by atoms with E-state index < -0.39 is 0 Å². The van der Waals surface area contributed by atoms with Crippen molar-refractivity contribution in [2.45, 2.75) is 19.9 Å². The molecule has 4 aromatic rings. The summed E-state index contributed by atoms with van der Waals surface area (Å²) in [7, 11) is 0. The highest BCUT2D eigenvalue weighted by Gasteiger charge is 2.17. The van der Waals surface area contributed by atoms with E-state index in [1.165, 1.54) is 12.1 Å². The molecule has 0 amide bonds. The number of thiol groups is 1. The molecule has 7 heteroatoms. The lowest BCUT2D eigenvalue weighted by Gasteiger charge is -2.06. The molecular weight excluding hydrogens is 351 g/mol. The first-order chi connectivity index (χ1) is 12.6. The van der Waals surface area contributed by atoms with Gasteiger partial charge >= 0.3 is 0 Å². The third kappa shape index (κ3) is 2.59. The van der Waals surface area contributed by atoms with Crippen molar-refractivity contribution in [2.24, 2.45) is 0 Å². The van der Waals surface area contributed by atoms with Crippen LogP contribution >= 0.6 is 12.6 Å². The van der Waals surface area contributed by atoms with Crippen LogP contribution in [0, 0.1) is 5.82 Å². The zero-order valence-electron chi connectivity index (χ0n) is 14.2. The van der Waals surface area contributed by atoms with Crippen LogP contribution in [0.1, 0.15) is 12.6 Å². The lowest BCUT2D eigenvalue weighted by molar-refractivity contribution is 0.628. The molecule has 3 aromatic heterocycles. The van der Waals surface area contributed by atoms with Crippen molar-refractivity contribution in [3.63, 3.8) is 0 Å². The molecule has 0 radical (unpaired) electrons. The number of hydrogen-bond donors (Lipinski definition) is 1. The monoisotopic (exact) mass is 368 g/mol. The third-order valence-electron chi connectivity index (χ3n) is 4.47. The van der Waals surface area contributed by atoms with Crippen LogP contribution in [0.4, 0.5) is 4.39 Å². The largest absolute Gasteiger partial charge is 0.314 e. The standard InChI is InChI=1S/C19H17FN4OS/c1-2-15-17(12-3-5-13(20)6-4-12)18-21-11-14-16(24(18)22-15)7-8-23(9-10-26)19(14)25/h3-8,11,26H,2,9-10H2,1H3. The van der Waals surface area contributed by atoms with E-state index in [1.807, 2.05) is 13.0 Å². The van der Waals surface area contributed by atoms with Crippen molar-refractivity contribution in [1.29, 1.82) is 0 Å². The van der Waals surface area contributed by atoms with E-state index in [-0.39, 0.29) is 11.4 Å². The van der Waals surface area contributed by atoms with Crippen LogP contribution in [0.2, 0.25) is 0 Å². The summed E-state index contributed by atoms with van der Waals surface area (Å²) >= 11 is 4.19. The fourth-order valence-corrected chi connectivity index (χ4v) is 3.41. The molecule has 3 heterocycles. The van der Waals surface area contributed by atoms with Crippen molar-refractivity contribution >= 4 is 29.2 Å². The molecule has 4 rings (SSSR count). The molecule has 0 fully saturated rings. The molecule has 0 N–H and O–H groups in total. The van der Waals surface area contributed by atoms with Crippen molar-refractivity contribution in [3.05, 3.63) is 64.6 Å². The Hall–Kier alpha value is -2.67. The number of benzene rings is 1. The normalized spacial score (nSPS) is 11.5. The minimum absolute atomic E-state index is 0.108. The molecule has 0 saturated heterocycles. The first-order valence-electron chi connectivity index (χ1n) is 8.40. The van der Waals surface area contributed by atoms with Crippen molar-refractivity contribution in [2.75, 3.05) is 5.75 Å². The zero-order chi connectivity index (χ0) is 18.3. The second-order valence-electron chi connectivity index (χ2n) is 6.01. The van der Waals surface area contributed by atoms with Crippen LogP contribution in [0.25, 0.3) is 27.7 Å². The van der Waals surface area contributed by atoms with Crippen molar-refractivity contribution in [1.82, 2.24) is 19.2 Å². The van der Waals surface area contributed by atoms with Gasteiger partial charge in [0, 0.05) is 30.3 Å². The van der Waals surface area contributed by atoms with E-state index in [2.05, 4.69) is 22.7 Å². The fourth-order valence-electron chi connectivity index (χ4n) is 3.20. The van der Waals surface area contributed by atoms with Crippen LogP contribution in [0.5, 0.6) is 0 Å². The smallest absolute Gasteiger partial charge is 0.261 e. The number of halogens is 1. The predicted molar refractivity (Wildman–Crippen MR) is 103 cm³/mol. The Morgan fingerprint density at radius 2 is 1.96 bits per heavy atom. The molecule has 0 unspecified atom stereocenters. The Balaban J connectivity index is 2.03. The molecule has 26 heavy (non-hydrogen) atoms. The van der Waals surface area contributed by atoms with Gasteiger partial charge < -0.3 is 4.57 Å². The molecule has 5 nitrogen and oxygen atoms in total. The van der Waals surface area contributed by atoms with Gasteiger partial charge in [0.25, 0.3) is 5.56 Å². The fraction of sp³-hybridized carbons (Fsp3) is 0.211. The van der Waals surface area contributed by atoms with E-state index >= 15 is 0 Å². The lowest BCUT2D eigenvalue weighted by atomic mass is 10.0. The molecule has 0 bridgehead atoms. The van der Waals surface area contributed by atoms with Gasteiger partial charge in [0.05, 0.1) is 16.6 Å². The molecule has 0 aliphatic carbocycles. The maximum Gasteiger partial charge on any atom is 0.261 e. The molecular formula is C19H17FN4OS. The number of fused-ring (bicyclic) bond motifs is 3. The van der Waals surface area contributed by atoms with Gasteiger partial charge in [-0.05, 0) is 30.2 Å². The number of rotatable bonds is 4. The quantitative estimate of drug-likeness (QED) is 0.562. The van der Waals surface area contributed by atoms with Crippen molar-refractivity contribution < 1.29 is 4.39 Å². The minimum atomic E-state index is -0.286. The van der Waals surface area contributed by atoms with E-state index in [4.69, 9.17) is 0 Å². The highest BCUT2D eigenvalue weighted by atomic mass is 32.1. The van der Waals surface area contributed by atoms with Crippen LogP contribution in [0.3, 0.4) is 0 Å². The summed E-state index contributed by atoms with van der Waals surface area (Å²) in [6.45, 7) is 2.55. The number of nitrogens with zero attached hydrogens (tertiary/aromatic N) is 4. The molecule has 0 spiro atoms. The summed E-state index contributed by atoms with van der Waals surface area (Å²) < 4.78 is 16.6. The second-order valence-corrected chi connectivity index (χ2v) is 6.46. The molecule has 0 atom stereocenters. The van der Waals surface area contributed by atoms with Gasteiger partial charge in [-0.2, -0.15) is 17.7 Å². The maximum atomic E-state index is 13.3.